The van der Waals surface area contributed by atoms with Gasteiger partial charge in [0, 0.05) is 0 Å². The first-order valence-electron chi connectivity index (χ1n) is 8.16. The molecule has 4 aliphatic carbocycles. The fraction of sp³-hybridized carbons (Fsp3) is 0.889. The van der Waals surface area contributed by atoms with Gasteiger partial charge in [0.2, 0.25) is 0 Å². The second kappa shape index (κ2) is 4.12. The lowest BCUT2D eigenvalue weighted by molar-refractivity contribution is 0.141. The minimum atomic E-state index is 0.515. The van der Waals surface area contributed by atoms with E-state index in [4.69, 9.17) is 0 Å². The Balaban J connectivity index is 0.000000293. The van der Waals surface area contributed by atoms with Crippen LogP contribution >= 0.6 is 0 Å². The molecule has 0 heteroatoms. The van der Waals surface area contributed by atoms with Crippen molar-refractivity contribution in [1.29, 1.82) is 0 Å². The van der Waals surface area contributed by atoms with Crippen LogP contribution in [0.5, 0.6) is 0 Å². The molecule has 4 bridgehead atoms. The Hall–Kier alpha value is -0.260. The highest BCUT2D eigenvalue weighted by atomic mass is 14.7. The van der Waals surface area contributed by atoms with E-state index in [1.54, 1.807) is 5.57 Å². The third kappa shape index (κ3) is 1.79. The summed E-state index contributed by atoms with van der Waals surface area (Å²) in [4.78, 5) is 0. The predicted octanol–water partition coefficient (Wildman–Crippen LogP) is 5.59. The number of rotatable bonds is 0. The summed E-state index contributed by atoms with van der Waals surface area (Å²) in [6.07, 6.45) is 11.7. The van der Waals surface area contributed by atoms with Gasteiger partial charge in [0.15, 0.2) is 0 Å². The van der Waals surface area contributed by atoms with Crippen molar-refractivity contribution in [2.45, 2.75) is 72.1 Å². The van der Waals surface area contributed by atoms with Gasteiger partial charge in [-0.2, -0.15) is 0 Å². The van der Waals surface area contributed by atoms with Gasteiger partial charge < -0.3 is 0 Å². The number of hydrogen-bond donors (Lipinski definition) is 0. The van der Waals surface area contributed by atoms with E-state index < -0.39 is 0 Å². The first-order chi connectivity index (χ1) is 8.47. The maximum Gasteiger partial charge on any atom is -0.00849 e. The molecular weight excluding hydrogens is 216 g/mol. The van der Waals surface area contributed by atoms with Gasteiger partial charge in [-0.05, 0) is 54.3 Å². The summed E-state index contributed by atoms with van der Waals surface area (Å²) in [6.45, 7) is 12.0. The summed E-state index contributed by atoms with van der Waals surface area (Å²) in [7, 11) is 0. The molecular formula is C18H30. The molecule has 0 heterocycles. The highest BCUT2D eigenvalue weighted by Gasteiger charge is 2.61. The molecule has 4 rings (SSSR count). The van der Waals surface area contributed by atoms with Crippen LogP contribution in [0.25, 0.3) is 0 Å². The van der Waals surface area contributed by atoms with E-state index in [0.29, 0.717) is 10.8 Å². The van der Waals surface area contributed by atoms with E-state index in [-0.39, 0.29) is 0 Å². The maximum atomic E-state index is 4.46. The van der Waals surface area contributed by atoms with Crippen molar-refractivity contribution in [3.8, 4) is 0 Å². The normalized spacial score (nSPS) is 47.3. The Morgan fingerprint density at radius 3 is 2.22 bits per heavy atom. The monoisotopic (exact) mass is 246 g/mol. The third-order valence-electron chi connectivity index (χ3n) is 6.43. The Morgan fingerprint density at radius 2 is 1.61 bits per heavy atom. The van der Waals surface area contributed by atoms with Gasteiger partial charge in [0.25, 0.3) is 0 Å². The van der Waals surface area contributed by atoms with Crippen LogP contribution in [0.2, 0.25) is 0 Å². The summed E-state index contributed by atoms with van der Waals surface area (Å²) in [6, 6.07) is 0. The fourth-order valence-corrected chi connectivity index (χ4v) is 5.28. The Labute approximate surface area is 113 Å². The van der Waals surface area contributed by atoms with Crippen molar-refractivity contribution in [3.63, 3.8) is 0 Å². The first kappa shape index (κ1) is 12.8. The first-order valence-corrected chi connectivity index (χ1v) is 8.16. The highest BCUT2D eigenvalue weighted by Crippen LogP contribution is 2.70. The topological polar surface area (TPSA) is 0 Å². The van der Waals surface area contributed by atoms with Crippen molar-refractivity contribution >= 4 is 0 Å². The molecule has 0 aliphatic heterocycles. The Morgan fingerprint density at radius 1 is 0.944 bits per heavy atom. The molecule has 18 heavy (non-hydrogen) atoms. The second-order valence-corrected chi connectivity index (χ2v) is 8.16. The number of allylic oxidation sites excluding steroid dienone is 1. The van der Waals surface area contributed by atoms with Gasteiger partial charge in [-0.15, -0.1) is 0 Å². The summed E-state index contributed by atoms with van der Waals surface area (Å²) in [5.74, 6) is 2.79. The lowest BCUT2D eigenvalue weighted by Crippen LogP contribution is -2.28. The quantitative estimate of drug-likeness (QED) is 0.489. The van der Waals surface area contributed by atoms with E-state index in [1.165, 1.54) is 51.4 Å². The van der Waals surface area contributed by atoms with Crippen molar-refractivity contribution < 1.29 is 0 Å². The molecule has 4 unspecified atom stereocenters. The molecule has 102 valence electrons. The van der Waals surface area contributed by atoms with Crippen molar-refractivity contribution in [2.24, 2.45) is 28.6 Å². The van der Waals surface area contributed by atoms with Gasteiger partial charge in [-0.1, -0.05) is 58.6 Å². The van der Waals surface area contributed by atoms with E-state index in [9.17, 15) is 0 Å². The lowest BCUT2D eigenvalue weighted by atomic mass is 9.69. The maximum absolute atomic E-state index is 4.46. The van der Waals surface area contributed by atoms with Crippen molar-refractivity contribution in [2.75, 3.05) is 0 Å². The summed E-state index contributed by atoms with van der Waals surface area (Å²) < 4.78 is 0. The van der Waals surface area contributed by atoms with E-state index in [1.807, 2.05) is 0 Å². The van der Waals surface area contributed by atoms with Crippen LogP contribution in [-0.4, -0.2) is 0 Å². The van der Waals surface area contributed by atoms with E-state index >= 15 is 0 Å². The SMILES string of the molecule is C1CC1.C=C1C2CCC3C2C(C)(C)CCCC13C. The van der Waals surface area contributed by atoms with Crippen LogP contribution in [0.1, 0.15) is 72.1 Å². The van der Waals surface area contributed by atoms with Crippen LogP contribution < -0.4 is 0 Å². The van der Waals surface area contributed by atoms with Crippen LogP contribution in [-0.2, 0) is 0 Å². The molecule has 4 saturated carbocycles. The lowest BCUT2D eigenvalue weighted by Gasteiger charge is -2.35. The minimum Gasteiger partial charge on any atom is -0.0990 e. The van der Waals surface area contributed by atoms with Crippen LogP contribution in [0.3, 0.4) is 0 Å². The summed E-state index contributed by atoms with van der Waals surface area (Å²) in [5.41, 5.74) is 2.71. The Kier molecular flexibility index (Phi) is 2.92. The van der Waals surface area contributed by atoms with Crippen LogP contribution in [0, 0.1) is 28.6 Å². The molecule has 0 aromatic heterocycles. The molecule has 4 fully saturated rings. The van der Waals surface area contributed by atoms with Gasteiger partial charge in [0.1, 0.15) is 0 Å². The van der Waals surface area contributed by atoms with Gasteiger partial charge in [-0.25, -0.2) is 0 Å². The molecule has 0 aromatic rings. The van der Waals surface area contributed by atoms with Crippen molar-refractivity contribution in [1.82, 2.24) is 0 Å². The molecule has 0 nitrogen and oxygen atoms in total. The van der Waals surface area contributed by atoms with Gasteiger partial charge >= 0.3 is 0 Å². The molecule has 0 amide bonds. The molecule has 4 atom stereocenters. The Bertz CT molecular complexity index is 346. The van der Waals surface area contributed by atoms with Crippen molar-refractivity contribution in [3.05, 3.63) is 12.2 Å². The zero-order chi connectivity index (χ0) is 13.0. The standard InChI is InChI=1S/C15H24.C3H6/c1-10-11-6-7-12-13(11)14(2,3)8-5-9-15(10,12)4;1-2-3-1/h11-13H,1,5-9H2,2-4H3;1-3H2. The zero-order valence-corrected chi connectivity index (χ0v) is 12.6. The van der Waals surface area contributed by atoms with Crippen LogP contribution in [0.4, 0.5) is 0 Å². The molecule has 0 spiro atoms. The average molecular weight is 246 g/mol. The largest absolute Gasteiger partial charge is 0.0990 e. The smallest absolute Gasteiger partial charge is 0.00849 e. The molecule has 4 aliphatic rings. The summed E-state index contributed by atoms with van der Waals surface area (Å²) >= 11 is 0. The average Bonchev–Trinajstić information content (AvgIpc) is 3.09. The van der Waals surface area contributed by atoms with Gasteiger partial charge in [0.05, 0.1) is 0 Å². The van der Waals surface area contributed by atoms with E-state index in [2.05, 4.69) is 27.4 Å². The fourth-order valence-electron chi connectivity index (χ4n) is 5.28. The molecule has 0 saturated heterocycles. The second-order valence-electron chi connectivity index (χ2n) is 8.16. The number of hydrogen-bond acceptors (Lipinski definition) is 0. The molecule has 0 N–H and O–H groups in total. The third-order valence-corrected chi connectivity index (χ3v) is 6.43. The predicted molar refractivity (Wildman–Crippen MR) is 78.4 cm³/mol. The van der Waals surface area contributed by atoms with Gasteiger partial charge in [-0.3, -0.25) is 0 Å². The zero-order valence-electron chi connectivity index (χ0n) is 12.6. The molecule has 0 aromatic carbocycles. The van der Waals surface area contributed by atoms with E-state index in [0.717, 1.165) is 17.8 Å². The highest BCUT2D eigenvalue weighted by molar-refractivity contribution is 5.29. The van der Waals surface area contributed by atoms with Crippen LogP contribution in [0.15, 0.2) is 12.2 Å². The molecule has 0 radical (unpaired) electrons. The summed E-state index contributed by atoms with van der Waals surface area (Å²) in [5, 5.41) is 0. The minimum absolute atomic E-state index is 0.515.